The molecule has 1 rings (SSSR count). The van der Waals surface area contributed by atoms with Gasteiger partial charge in [-0.2, -0.15) is 0 Å². The Morgan fingerprint density at radius 1 is 1.23 bits per heavy atom. The molecule has 0 saturated carbocycles. The van der Waals surface area contributed by atoms with Crippen molar-refractivity contribution in [3.05, 3.63) is 29.8 Å². The molecule has 0 aliphatic rings. The minimum absolute atomic E-state index is 0. The summed E-state index contributed by atoms with van der Waals surface area (Å²) in [6, 6.07) is 5.18. The quantitative estimate of drug-likeness (QED) is 0.562. The summed E-state index contributed by atoms with van der Waals surface area (Å²) in [7, 11) is 0. The molecule has 0 aromatic heterocycles. The van der Waals surface area contributed by atoms with Crippen LogP contribution in [0.4, 0.5) is 0 Å². The molecule has 66 valence electrons. The van der Waals surface area contributed by atoms with Crippen molar-refractivity contribution in [3.8, 4) is 0 Å². The molecule has 0 radical (unpaired) electrons. The van der Waals surface area contributed by atoms with Gasteiger partial charge >= 0.3 is 57.4 Å². The average molecular weight is 226 g/mol. The number of benzene rings is 1. The zero-order valence-corrected chi connectivity index (χ0v) is 6.75. The number of carboxylic acids is 1. The number of aromatic carboxylic acids is 1. The van der Waals surface area contributed by atoms with Gasteiger partial charge in [0.05, 0.1) is 10.5 Å². The molecule has 0 aliphatic carbocycles. The molecular formula is C7H7KO4S. The summed E-state index contributed by atoms with van der Waals surface area (Å²) in [5.41, 5.74) is 0.101. The number of carbonyl (C=O) groups is 1. The van der Waals surface area contributed by atoms with Crippen molar-refractivity contribution in [2.75, 3.05) is 0 Å². The maximum absolute atomic E-state index is 10.4. The van der Waals surface area contributed by atoms with Crippen molar-refractivity contribution in [1.29, 1.82) is 0 Å². The monoisotopic (exact) mass is 226 g/mol. The predicted molar refractivity (Wildman–Crippen MR) is 49.6 cm³/mol. The Hall–Kier alpha value is 0.436. The molecule has 0 fully saturated rings. The Balaban J connectivity index is 0.00000144. The van der Waals surface area contributed by atoms with E-state index in [1.807, 2.05) is 0 Å². The van der Waals surface area contributed by atoms with Crippen molar-refractivity contribution < 1.29 is 18.7 Å². The van der Waals surface area contributed by atoms with E-state index in [1.165, 1.54) is 24.3 Å². The van der Waals surface area contributed by atoms with E-state index in [0.717, 1.165) is 0 Å². The number of hydrogen-bond acceptors (Lipinski definition) is 2. The van der Waals surface area contributed by atoms with Crippen LogP contribution in [0.2, 0.25) is 0 Å². The zero-order chi connectivity index (χ0) is 9.14. The summed E-state index contributed by atoms with van der Waals surface area (Å²) >= 11 is -2.04. The summed E-state index contributed by atoms with van der Waals surface area (Å²) in [5, 5.41) is 8.48. The Bertz CT molecular complexity index is 289. The van der Waals surface area contributed by atoms with E-state index in [9.17, 15) is 9.00 Å². The summed E-state index contributed by atoms with van der Waals surface area (Å²) in [6.07, 6.45) is 0. The van der Waals surface area contributed by atoms with Crippen molar-refractivity contribution in [2.24, 2.45) is 0 Å². The second-order valence-electron chi connectivity index (χ2n) is 2.08. The van der Waals surface area contributed by atoms with Crippen LogP contribution in [0.3, 0.4) is 0 Å². The standard InChI is InChI=1S/C7H6O4S.K.H/c8-7(9)5-1-3-6(4-2-5)12(10)11;;/h1-4H,(H,8,9)(H,10,11);;. The second-order valence-corrected chi connectivity index (χ2v) is 3.05. The van der Waals surface area contributed by atoms with Crippen LogP contribution in [0.15, 0.2) is 29.2 Å². The van der Waals surface area contributed by atoms with Gasteiger partial charge < -0.3 is 9.66 Å². The van der Waals surface area contributed by atoms with E-state index >= 15 is 0 Å². The van der Waals surface area contributed by atoms with Crippen LogP contribution in [0.1, 0.15) is 10.4 Å². The number of hydrogen-bond donors (Lipinski definition) is 2. The molecule has 1 unspecified atom stereocenters. The van der Waals surface area contributed by atoms with Gasteiger partial charge in [0.25, 0.3) is 0 Å². The topological polar surface area (TPSA) is 74.6 Å². The van der Waals surface area contributed by atoms with Gasteiger partial charge in [-0.05, 0) is 24.3 Å². The molecule has 1 atom stereocenters. The molecule has 1 aromatic carbocycles. The first-order valence-corrected chi connectivity index (χ1v) is 4.16. The van der Waals surface area contributed by atoms with Crippen molar-refractivity contribution in [2.45, 2.75) is 4.90 Å². The van der Waals surface area contributed by atoms with Crippen LogP contribution in [0.25, 0.3) is 0 Å². The summed E-state index contributed by atoms with van der Waals surface area (Å²) in [4.78, 5) is 10.5. The van der Waals surface area contributed by atoms with Gasteiger partial charge in [0.2, 0.25) is 0 Å². The van der Waals surface area contributed by atoms with Gasteiger partial charge in [-0.1, -0.05) is 0 Å². The first-order valence-electron chi connectivity index (χ1n) is 3.05. The zero-order valence-electron chi connectivity index (χ0n) is 5.93. The number of carboxylic acid groups (broad SMARTS) is 1. The van der Waals surface area contributed by atoms with Gasteiger partial charge in [-0.3, -0.25) is 0 Å². The average Bonchev–Trinajstić information content (AvgIpc) is 2.04. The van der Waals surface area contributed by atoms with Gasteiger partial charge in [0, 0.05) is 0 Å². The third-order valence-corrected chi connectivity index (χ3v) is 1.98. The molecular weight excluding hydrogens is 219 g/mol. The molecule has 0 amide bonds. The van der Waals surface area contributed by atoms with Crippen LogP contribution >= 0.6 is 0 Å². The van der Waals surface area contributed by atoms with Crippen LogP contribution in [-0.4, -0.2) is 71.2 Å². The molecule has 13 heavy (non-hydrogen) atoms. The van der Waals surface area contributed by atoms with Crippen LogP contribution in [0.5, 0.6) is 0 Å². The SMILES string of the molecule is O=C(O)c1ccc(S(=O)O)cc1.[KH]. The first-order chi connectivity index (χ1) is 5.61. The predicted octanol–water partition coefficient (Wildman–Crippen LogP) is 0.317. The van der Waals surface area contributed by atoms with Gasteiger partial charge in [0.1, 0.15) is 0 Å². The van der Waals surface area contributed by atoms with E-state index in [4.69, 9.17) is 9.66 Å². The summed E-state index contributed by atoms with van der Waals surface area (Å²) < 4.78 is 19.0. The van der Waals surface area contributed by atoms with E-state index in [2.05, 4.69) is 0 Å². The summed E-state index contributed by atoms with van der Waals surface area (Å²) in [6.45, 7) is 0. The van der Waals surface area contributed by atoms with Crippen LogP contribution in [-0.2, 0) is 11.1 Å². The molecule has 0 spiro atoms. The van der Waals surface area contributed by atoms with Gasteiger partial charge in [-0.25, -0.2) is 9.00 Å². The van der Waals surface area contributed by atoms with Crippen molar-refractivity contribution in [3.63, 3.8) is 0 Å². The van der Waals surface area contributed by atoms with Crippen LogP contribution < -0.4 is 0 Å². The van der Waals surface area contributed by atoms with Gasteiger partial charge in [-0.15, -0.1) is 0 Å². The second kappa shape index (κ2) is 6.02. The summed E-state index contributed by atoms with van der Waals surface area (Å²) in [5.74, 6) is -1.05. The number of rotatable bonds is 2. The first kappa shape index (κ1) is 13.4. The molecule has 1 aromatic rings. The van der Waals surface area contributed by atoms with Crippen molar-refractivity contribution >= 4 is 68.4 Å². The molecule has 6 heteroatoms. The molecule has 4 nitrogen and oxygen atoms in total. The molecule has 0 heterocycles. The van der Waals surface area contributed by atoms with E-state index in [0.29, 0.717) is 0 Å². The van der Waals surface area contributed by atoms with E-state index < -0.39 is 17.0 Å². The maximum atomic E-state index is 10.4. The minimum atomic E-state index is -2.04. The Labute approximate surface area is 120 Å². The van der Waals surface area contributed by atoms with E-state index in [-0.39, 0.29) is 61.8 Å². The van der Waals surface area contributed by atoms with Crippen molar-refractivity contribution in [1.82, 2.24) is 0 Å². The fraction of sp³-hybridized carbons (Fsp3) is 0. The normalized spacial score (nSPS) is 11.5. The molecule has 2 N–H and O–H groups in total. The van der Waals surface area contributed by atoms with Gasteiger partial charge in [0.15, 0.2) is 11.1 Å². The molecule has 0 bridgehead atoms. The molecule has 0 aliphatic heterocycles. The Morgan fingerprint density at radius 2 is 1.69 bits per heavy atom. The Morgan fingerprint density at radius 3 is 2.00 bits per heavy atom. The third kappa shape index (κ3) is 3.99. The fourth-order valence-corrected chi connectivity index (χ4v) is 1.08. The fourth-order valence-electron chi connectivity index (χ4n) is 0.714. The Kier molecular flexibility index (Phi) is 6.22. The third-order valence-electron chi connectivity index (χ3n) is 1.30. The van der Waals surface area contributed by atoms with E-state index in [1.54, 1.807) is 0 Å². The molecule has 0 saturated heterocycles. The van der Waals surface area contributed by atoms with Crippen LogP contribution in [0, 0.1) is 0 Å².